The van der Waals surface area contributed by atoms with E-state index in [4.69, 9.17) is 9.26 Å². The van der Waals surface area contributed by atoms with E-state index in [-0.39, 0.29) is 12.2 Å². The van der Waals surface area contributed by atoms with Crippen LogP contribution in [-0.4, -0.2) is 38.9 Å². The van der Waals surface area contributed by atoms with E-state index in [2.05, 4.69) is 31.1 Å². The molecule has 23 heavy (non-hydrogen) atoms. The van der Waals surface area contributed by atoms with Gasteiger partial charge in [0.2, 0.25) is 0 Å². The predicted molar refractivity (Wildman–Crippen MR) is 83.9 cm³/mol. The molecule has 0 saturated carbocycles. The van der Waals surface area contributed by atoms with E-state index in [0.717, 1.165) is 24.1 Å². The lowest BCUT2D eigenvalue weighted by Gasteiger charge is -2.25. The standard InChI is InChI=1S/C16H19N5O2/c1-11-8-17-9-14(22-11)16-19-15(20-23-16)6-7-21-10-18-12-4-2-3-5-13(12)21/h2-5,10-11,14,17H,6-9H2,1H3/t11-,14-/m1/s1. The molecule has 0 spiro atoms. The lowest BCUT2D eigenvalue weighted by atomic mass is 10.2. The average Bonchev–Trinajstić information content (AvgIpc) is 3.20. The predicted octanol–water partition coefficient (Wildman–Crippen LogP) is 1.71. The Morgan fingerprint density at radius 3 is 3.13 bits per heavy atom. The van der Waals surface area contributed by atoms with Gasteiger partial charge in [-0.1, -0.05) is 17.3 Å². The Balaban J connectivity index is 1.43. The number of aryl methyl sites for hydroxylation is 2. The van der Waals surface area contributed by atoms with Gasteiger partial charge in [0, 0.05) is 26.1 Å². The molecule has 1 aliphatic rings. The second-order valence-electron chi connectivity index (χ2n) is 5.82. The summed E-state index contributed by atoms with van der Waals surface area (Å²) in [7, 11) is 0. The third-order valence-corrected chi connectivity index (χ3v) is 4.02. The third-order valence-electron chi connectivity index (χ3n) is 4.02. The topological polar surface area (TPSA) is 78.0 Å². The molecule has 1 saturated heterocycles. The van der Waals surface area contributed by atoms with Crippen molar-refractivity contribution in [2.24, 2.45) is 0 Å². The van der Waals surface area contributed by atoms with Gasteiger partial charge < -0.3 is 19.1 Å². The van der Waals surface area contributed by atoms with Crippen LogP contribution < -0.4 is 5.32 Å². The number of benzene rings is 1. The molecule has 0 radical (unpaired) electrons. The summed E-state index contributed by atoms with van der Waals surface area (Å²) >= 11 is 0. The molecule has 0 amide bonds. The van der Waals surface area contributed by atoms with Gasteiger partial charge in [0.25, 0.3) is 5.89 Å². The van der Waals surface area contributed by atoms with Gasteiger partial charge in [-0.05, 0) is 19.1 Å². The number of morpholine rings is 1. The van der Waals surface area contributed by atoms with Gasteiger partial charge in [-0.25, -0.2) is 4.98 Å². The van der Waals surface area contributed by atoms with E-state index in [1.54, 1.807) is 0 Å². The number of nitrogens with one attached hydrogen (secondary N) is 1. The van der Waals surface area contributed by atoms with Gasteiger partial charge in [0.15, 0.2) is 5.82 Å². The molecular formula is C16H19N5O2. The van der Waals surface area contributed by atoms with Crippen LogP contribution in [0.4, 0.5) is 0 Å². The van der Waals surface area contributed by atoms with Crippen molar-refractivity contribution in [1.82, 2.24) is 25.0 Å². The normalized spacial score (nSPS) is 21.8. The first kappa shape index (κ1) is 14.3. The minimum absolute atomic E-state index is 0.154. The molecule has 2 atom stereocenters. The first-order chi connectivity index (χ1) is 11.3. The number of ether oxygens (including phenoxy) is 1. The van der Waals surface area contributed by atoms with Crippen LogP contribution in [0, 0.1) is 0 Å². The Hall–Kier alpha value is -2.25. The fourth-order valence-corrected chi connectivity index (χ4v) is 2.85. The Morgan fingerprint density at radius 1 is 1.30 bits per heavy atom. The van der Waals surface area contributed by atoms with Crippen molar-refractivity contribution in [2.45, 2.75) is 32.1 Å². The summed E-state index contributed by atoms with van der Waals surface area (Å²) in [4.78, 5) is 8.86. The highest BCUT2D eigenvalue weighted by molar-refractivity contribution is 5.74. The first-order valence-corrected chi connectivity index (χ1v) is 7.88. The molecule has 0 bridgehead atoms. The Morgan fingerprint density at radius 2 is 2.22 bits per heavy atom. The van der Waals surface area contributed by atoms with Crippen molar-refractivity contribution in [3.8, 4) is 0 Å². The number of fused-ring (bicyclic) bond motifs is 1. The zero-order valence-corrected chi connectivity index (χ0v) is 13.0. The van der Waals surface area contributed by atoms with Crippen molar-refractivity contribution >= 4 is 11.0 Å². The summed E-state index contributed by atoms with van der Waals surface area (Å²) in [6.45, 7) is 4.35. The zero-order valence-electron chi connectivity index (χ0n) is 13.0. The number of nitrogens with zero attached hydrogens (tertiary/aromatic N) is 4. The van der Waals surface area contributed by atoms with Crippen LogP contribution in [0.5, 0.6) is 0 Å². The Labute approximate surface area is 133 Å². The minimum atomic E-state index is -0.158. The molecule has 1 aromatic carbocycles. The van der Waals surface area contributed by atoms with Crippen molar-refractivity contribution in [2.75, 3.05) is 13.1 Å². The van der Waals surface area contributed by atoms with Crippen LogP contribution in [0.2, 0.25) is 0 Å². The van der Waals surface area contributed by atoms with Gasteiger partial charge in [-0.15, -0.1) is 0 Å². The number of aromatic nitrogens is 4. The maximum atomic E-state index is 5.82. The minimum Gasteiger partial charge on any atom is -0.363 e. The largest absolute Gasteiger partial charge is 0.363 e. The van der Waals surface area contributed by atoms with Crippen molar-refractivity contribution in [3.05, 3.63) is 42.3 Å². The van der Waals surface area contributed by atoms with Gasteiger partial charge in [-0.2, -0.15) is 4.98 Å². The maximum Gasteiger partial charge on any atom is 0.257 e. The van der Waals surface area contributed by atoms with Crippen LogP contribution in [0.15, 0.2) is 35.1 Å². The van der Waals surface area contributed by atoms with Crippen LogP contribution in [0.3, 0.4) is 0 Å². The highest BCUT2D eigenvalue weighted by Crippen LogP contribution is 2.20. The molecule has 0 aliphatic carbocycles. The van der Waals surface area contributed by atoms with Crippen molar-refractivity contribution < 1.29 is 9.26 Å². The van der Waals surface area contributed by atoms with Gasteiger partial charge >= 0.3 is 0 Å². The molecule has 2 aromatic heterocycles. The SMILES string of the molecule is C[C@@H]1CNC[C@H](c2nc(CCn3cnc4ccccc43)no2)O1. The second kappa shape index (κ2) is 6.10. The van der Waals surface area contributed by atoms with Crippen LogP contribution >= 0.6 is 0 Å². The zero-order chi connectivity index (χ0) is 15.6. The molecule has 1 N–H and O–H groups in total. The Bertz CT molecular complexity index is 796. The molecule has 1 aliphatic heterocycles. The number of imidazole rings is 1. The number of hydrogen-bond acceptors (Lipinski definition) is 6. The van der Waals surface area contributed by atoms with Crippen LogP contribution in [0.1, 0.15) is 24.7 Å². The van der Waals surface area contributed by atoms with E-state index in [1.807, 2.05) is 31.5 Å². The smallest absolute Gasteiger partial charge is 0.257 e. The summed E-state index contributed by atoms with van der Waals surface area (Å²) in [6, 6.07) is 8.08. The molecule has 3 heterocycles. The molecule has 4 rings (SSSR count). The molecule has 7 heteroatoms. The van der Waals surface area contributed by atoms with Gasteiger partial charge in [-0.3, -0.25) is 0 Å². The molecular weight excluding hydrogens is 294 g/mol. The van der Waals surface area contributed by atoms with Crippen LogP contribution in [0.25, 0.3) is 11.0 Å². The average molecular weight is 313 g/mol. The lowest BCUT2D eigenvalue weighted by molar-refractivity contribution is -0.0438. The van der Waals surface area contributed by atoms with Crippen molar-refractivity contribution in [3.63, 3.8) is 0 Å². The van der Waals surface area contributed by atoms with E-state index in [9.17, 15) is 0 Å². The number of rotatable bonds is 4. The van der Waals surface area contributed by atoms with E-state index in [0.29, 0.717) is 24.7 Å². The molecule has 0 unspecified atom stereocenters. The summed E-state index contributed by atoms with van der Waals surface area (Å²) in [5, 5.41) is 7.37. The number of hydrogen-bond donors (Lipinski definition) is 1. The van der Waals surface area contributed by atoms with E-state index in [1.165, 1.54) is 0 Å². The van der Waals surface area contributed by atoms with E-state index >= 15 is 0 Å². The molecule has 1 fully saturated rings. The highest BCUT2D eigenvalue weighted by atomic mass is 16.5. The summed E-state index contributed by atoms with van der Waals surface area (Å²) in [6.07, 6.45) is 2.54. The quantitative estimate of drug-likeness (QED) is 0.790. The summed E-state index contributed by atoms with van der Waals surface area (Å²) in [5.74, 6) is 1.24. The Kier molecular flexibility index (Phi) is 3.80. The monoisotopic (exact) mass is 313 g/mol. The second-order valence-corrected chi connectivity index (χ2v) is 5.82. The molecule has 120 valence electrons. The van der Waals surface area contributed by atoms with Gasteiger partial charge in [0.1, 0.15) is 6.10 Å². The summed E-state index contributed by atoms with van der Waals surface area (Å²) < 4.78 is 13.3. The number of para-hydroxylation sites is 2. The fourth-order valence-electron chi connectivity index (χ4n) is 2.85. The third kappa shape index (κ3) is 2.97. The first-order valence-electron chi connectivity index (χ1n) is 7.88. The molecule has 3 aromatic rings. The fraction of sp³-hybridized carbons (Fsp3) is 0.438. The van der Waals surface area contributed by atoms with Gasteiger partial charge in [0.05, 0.1) is 23.5 Å². The maximum absolute atomic E-state index is 5.82. The highest BCUT2D eigenvalue weighted by Gasteiger charge is 2.25. The summed E-state index contributed by atoms with van der Waals surface area (Å²) in [5.41, 5.74) is 2.11. The lowest BCUT2D eigenvalue weighted by Crippen LogP contribution is -2.39. The van der Waals surface area contributed by atoms with Crippen molar-refractivity contribution in [1.29, 1.82) is 0 Å². The van der Waals surface area contributed by atoms with E-state index < -0.39 is 0 Å². The van der Waals surface area contributed by atoms with Crippen LogP contribution in [-0.2, 0) is 17.7 Å². The molecule has 7 nitrogen and oxygen atoms in total.